The first-order valence-electron chi connectivity index (χ1n) is 5.73. The molecule has 0 bridgehead atoms. The zero-order valence-corrected chi connectivity index (χ0v) is 9.60. The van der Waals surface area contributed by atoms with Crippen LogP contribution in [0.15, 0.2) is 23.5 Å². The predicted octanol–water partition coefficient (Wildman–Crippen LogP) is 2.55. The van der Waals surface area contributed by atoms with E-state index in [1.807, 2.05) is 18.3 Å². The number of rotatable bonds is 1. The van der Waals surface area contributed by atoms with Crippen LogP contribution in [0.25, 0.3) is 10.9 Å². The van der Waals surface area contributed by atoms with E-state index in [4.69, 9.17) is 9.94 Å². The number of nitrogens with one attached hydrogen (secondary N) is 1. The van der Waals surface area contributed by atoms with Crippen LogP contribution in [-0.4, -0.2) is 23.0 Å². The molecule has 88 valence electrons. The summed E-state index contributed by atoms with van der Waals surface area (Å²) < 4.78 is 5.85. The van der Waals surface area contributed by atoms with Crippen LogP contribution in [0.1, 0.15) is 18.1 Å². The lowest BCUT2D eigenvalue weighted by Gasteiger charge is -2.10. The lowest BCUT2D eigenvalue weighted by Crippen LogP contribution is -2.09. The summed E-state index contributed by atoms with van der Waals surface area (Å²) in [4.78, 5) is 3.25. The Kier molecular flexibility index (Phi) is 2.28. The summed E-state index contributed by atoms with van der Waals surface area (Å²) in [6.45, 7) is 2.87. The minimum Gasteiger partial charge on any atom is -0.492 e. The molecule has 1 aliphatic rings. The normalized spacial score (nSPS) is 19.5. The summed E-state index contributed by atoms with van der Waals surface area (Å²) in [5.41, 5.74) is 3.15. The third kappa shape index (κ3) is 1.56. The third-order valence-electron chi connectivity index (χ3n) is 3.19. The van der Waals surface area contributed by atoms with Crippen molar-refractivity contribution in [3.63, 3.8) is 0 Å². The molecule has 1 unspecified atom stereocenters. The van der Waals surface area contributed by atoms with Crippen molar-refractivity contribution in [3.8, 4) is 5.75 Å². The van der Waals surface area contributed by atoms with Crippen LogP contribution in [-0.2, 0) is 6.42 Å². The van der Waals surface area contributed by atoms with Crippen molar-refractivity contribution >= 4 is 17.1 Å². The molecule has 2 heterocycles. The van der Waals surface area contributed by atoms with E-state index < -0.39 is 0 Å². The predicted molar refractivity (Wildman–Crippen MR) is 66.0 cm³/mol. The number of H-pyrrole nitrogens is 1. The van der Waals surface area contributed by atoms with Crippen LogP contribution in [0.4, 0.5) is 0 Å². The molecule has 0 saturated carbocycles. The molecule has 0 fully saturated rings. The van der Waals surface area contributed by atoms with Gasteiger partial charge in [-0.25, -0.2) is 0 Å². The van der Waals surface area contributed by atoms with Gasteiger partial charge >= 0.3 is 0 Å². The van der Waals surface area contributed by atoms with Gasteiger partial charge in [-0.2, -0.15) is 0 Å². The highest BCUT2D eigenvalue weighted by molar-refractivity contribution is 5.98. The maximum atomic E-state index is 8.68. The topological polar surface area (TPSA) is 57.6 Å². The fourth-order valence-electron chi connectivity index (χ4n) is 2.42. The molecule has 0 amide bonds. The van der Waals surface area contributed by atoms with Gasteiger partial charge in [0, 0.05) is 22.7 Å². The lowest BCUT2D eigenvalue weighted by molar-refractivity contribution is 0.267. The van der Waals surface area contributed by atoms with Crippen LogP contribution < -0.4 is 4.74 Å². The number of ether oxygens (including phenoxy) is 1. The van der Waals surface area contributed by atoms with Crippen LogP contribution in [0, 0.1) is 5.92 Å². The maximum Gasteiger partial charge on any atom is 0.137 e. The van der Waals surface area contributed by atoms with Gasteiger partial charge in [-0.15, -0.1) is 0 Å². The molecule has 1 aromatic carbocycles. The number of oxime groups is 1. The Hall–Kier alpha value is -1.97. The summed E-state index contributed by atoms with van der Waals surface area (Å²) in [5.74, 6) is 1.31. The number of benzene rings is 1. The van der Waals surface area contributed by atoms with Crippen LogP contribution in [0.3, 0.4) is 0 Å². The average Bonchev–Trinajstić information content (AvgIpc) is 2.63. The first-order chi connectivity index (χ1) is 8.29. The van der Waals surface area contributed by atoms with E-state index in [-0.39, 0.29) is 0 Å². The van der Waals surface area contributed by atoms with Gasteiger partial charge in [-0.3, -0.25) is 0 Å². The van der Waals surface area contributed by atoms with E-state index in [1.165, 1.54) is 11.8 Å². The van der Waals surface area contributed by atoms with Crippen molar-refractivity contribution in [3.05, 3.63) is 29.5 Å². The van der Waals surface area contributed by atoms with Gasteiger partial charge in [0.05, 0.1) is 12.8 Å². The Labute approximate surface area is 98.9 Å². The molecular weight excluding hydrogens is 216 g/mol. The number of aromatic amines is 1. The van der Waals surface area contributed by atoms with E-state index in [2.05, 4.69) is 17.1 Å². The van der Waals surface area contributed by atoms with Gasteiger partial charge in [-0.05, 0) is 30.0 Å². The SMILES string of the molecule is CC1COc2c(/C=N/O)ccc3[nH]cc(c23)C1. The summed E-state index contributed by atoms with van der Waals surface area (Å²) in [5, 5.41) is 12.9. The third-order valence-corrected chi connectivity index (χ3v) is 3.19. The largest absolute Gasteiger partial charge is 0.492 e. The van der Waals surface area contributed by atoms with Crippen molar-refractivity contribution in [2.24, 2.45) is 11.1 Å². The van der Waals surface area contributed by atoms with Gasteiger partial charge in [0.2, 0.25) is 0 Å². The van der Waals surface area contributed by atoms with Gasteiger partial charge in [0.25, 0.3) is 0 Å². The minimum absolute atomic E-state index is 0.486. The smallest absolute Gasteiger partial charge is 0.137 e. The van der Waals surface area contributed by atoms with Gasteiger partial charge < -0.3 is 14.9 Å². The number of hydrogen-bond acceptors (Lipinski definition) is 3. The molecule has 0 spiro atoms. The lowest BCUT2D eigenvalue weighted by atomic mass is 10.0. The van der Waals surface area contributed by atoms with Gasteiger partial charge in [0.1, 0.15) is 5.75 Å². The maximum absolute atomic E-state index is 8.68. The van der Waals surface area contributed by atoms with Gasteiger partial charge in [0.15, 0.2) is 0 Å². The zero-order chi connectivity index (χ0) is 11.8. The Bertz CT molecular complexity index is 586. The molecule has 0 aliphatic carbocycles. The zero-order valence-electron chi connectivity index (χ0n) is 9.60. The van der Waals surface area contributed by atoms with E-state index in [1.54, 1.807) is 0 Å². The summed E-state index contributed by atoms with van der Waals surface area (Å²) in [6, 6.07) is 3.88. The van der Waals surface area contributed by atoms with E-state index in [0.717, 1.165) is 28.6 Å². The molecule has 2 aromatic rings. The molecule has 3 rings (SSSR count). The van der Waals surface area contributed by atoms with Crippen LogP contribution >= 0.6 is 0 Å². The van der Waals surface area contributed by atoms with Crippen molar-refractivity contribution in [1.82, 2.24) is 4.98 Å². The highest BCUT2D eigenvalue weighted by Gasteiger charge is 2.19. The molecule has 0 saturated heterocycles. The fraction of sp³-hybridized carbons (Fsp3) is 0.308. The number of aromatic nitrogens is 1. The van der Waals surface area contributed by atoms with Crippen LogP contribution in [0.2, 0.25) is 0 Å². The molecule has 4 heteroatoms. The average molecular weight is 230 g/mol. The quantitative estimate of drug-likeness (QED) is 0.449. The molecule has 17 heavy (non-hydrogen) atoms. The molecule has 4 nitrogen and oxygen atoms in total. The number of hydrogen-bond donors (Lipinski definition) is 2. The van der Waals surface area contributed by atoms with Crippen molar-refractivity contribution in [2.45, 2.75) is 13.3 Å². The van der Waals surface area contributed by atoms with Crippen molar-refractivity contribution in [1.29, 1.82) is 0 Å². The monoisotopic (exact) mass is 230 g/mol. The van der Waals surface area contributed by atoms with E-state index in [0.29, 0.717) is 12.5 Å². The molecule has 1 aliphatic heterocycles. The first kappa shape index (κ1) is 10.2. The fourth-order valence-corrected chi connectivity index (χ4v) is 2.42. The summed E-state index contributed by atoms with van der Waals surface area (Å²) in [7, 11) is 0. The van der Waals surface area contributed by atoms with Crippen molar-refractivity contribution < 1.29 is 9.94 Å². The van der Waals surface area contributed by atoms with E-state index in [9.17, 15) is 0 Å². The second kappa shape index (κ2) is 3.80. The standard InChI is InChI=1S/C13H14N2O2/c1-8-4-10-5-14-11-3-2-9(6-15-16)13(12(10)11)17-7-8/h2-3,5-6,8,14,16H,4,7H2,1H3/b15-6+. The second-order valence-electron chi connectivity index (χ2n) is 4.59. The Morgan fingerprint density at radius 3 is 3.24 bits per heavy atom. The van der Waals surface area contributed by atoms with Gasteiger partial charge in [-0.1, -0.05) is 12.1 Å². The first-order valence-corrected chi connectivity index (χ1v) is 5.73. The summed E-state index contributed by atoms with van der Waals surface area (Å²) >= 11 is 0. The molecule has 2 N–H and O–H groups in total. The molecule has 0 radical (unpaired) electrons. The highest BCUT2D eigenvalue weighted by Crippen LogP contribution is 2.35. The Morgan fingerprint density at radius 2 is 2.41 bits per heavy atom. The Morgan fingerprint density at radius 1 is 1.53 bits per heavy atom. The molecular formula is C13H14N2O2. The number of nitrogens with zero attached hydrogens (tertiary/aromatic N) is 1. The minimum atomic E-state index is 0.486. The van der Waals surface area contributed by atoms with E-state index >= 15 is 0 Å². The molecule has 1 aromatic heterocycles. The van der Waals surface area contributed by atoms with Crippen LogP contribution in [0.5, 0.6) is 5.75 Å². The Balaban J connectivity index is 2.29. The summed E-state index contributed by atoms with van der Waals surface area (Å²) in [6.07, 6.45) is 4.47. The highest BCUT2D eigenvalue weighted by atomic mass is 16.5. The second-order valence-corrected chi connectivity index (χ2v) is 4.59. The van der Waals surface area contributed by atoms with Crippen molar-refractivity contribution in [2.75, 3.05) is 6.61 Å². The molecule has 1 atom stereocenters.